The number of fused-ring (bicyclic) bond motifs is 5. The largest absolute Gasteiger partial charge is 0.379 e. The monoisotopic (exact) mass is 421 g/mol. The smallest absolute Gasteiger partial charge is 0.260 e. The minimum absolute atomic E-state index is 0.125. The van der Waals surface area contributed by atoms with Crippen LogP contribution in [0.3, 0.4) is 0 Å². The molecule has 0 saturated heterocycles. The summed E-state index contributed by atoms with van der Waals surface area (Å²) in [5.41, 5.74) is 2.48. The third-order valence-corrected chi connectivity index (χ3v) is 5.56. The standard InChI is InChI=1S/C24H27N3O4/c1-16(2)31-15-7-13-25-21(28)12-14-26-22-17-8-3-4-9-18(17)24(30)27(22)20-11-6-5-10-19(20)23(26)29/h3-6,8-11,16,22H,7,12-15H2,1-2H3,(H,25,28)/t22-/m1/s1. The number of rotatable bonds is 8. The van der Waals surface area contributed by atoms with E-state index in [9.17, 15) is 14.4 Å². The average molecular weight is 421 g/mol. The molecular weight excluding hydrogens is 394 g/mol. The fourth-order valence-corrected chi connectivity index (χ4v) is 4.13. The molecular formula is C24H27N3O4. The van der Waals surface area contributed by atoms with Gasteiger partial charge in [0.05, 0.1) is 17.4 Å². The van der Waals surface area contributed by atoms with Gasteiger partial charge < -0.3 is 15.0 Å². The summed E-state index contributed by atoms with van der Waals surface area (Å²) in [4.78, 5) is 42.1. The Hall–Kier alpha value is -3.19. The zero-order valence-electron chi connectivity index (χ0n) is 17.8. The number of carbonyl (C=O) groups is 3. The summed E-state index contributed by atoms with van der Waals surface area (Å²) in [6, 6.07) is 14.5. The van der Waals surface area contributed by atoms with Crippen LogP contribution in [0, 0.1) is 0 Å². The van der Waals surface area contributed by atoms with Crippen LogP contribution in [0.25, 0.3) is 0 Å². The Morgan fingerprint density at radius 1 is 1.03 bits per heavy atom. The Morgan fingerprint density at radius 3 is 2.52 bits per heavy atom. The molecule has 3 amide bonds. The molecule has 7 heteroatoms. The molecule has 4 rings (SSSR count). The first-order chi connectivity index (χ1) is 15.0. The fourth-order valence-electron chi connectivity index (χ4n) is 4.13. The van der Waals surface area contributed by atoms with E-state index >= 15 is 0 Å². The fraction of sp³-hybridized carbons (Fsp3) is 0.375. The highest BCUT2D eigenvalue weighted by molar-refractivity contribution is 6.16. The van der Waals surface area contributed by atoms with Crippen molar-refractivity contribution in [2.75, 3.05) is 24.6 Å². The first-order valence-corrected chi connectivity index (χ1v) is 10.7. The Balaban J connectivity index is 1.49. The number of hydrogen-bond donors (Lipinski definition) is 1. The number of hydrogen-bond acceptors (Lipinski definition) is 4. The zero-order chi connectivity index (χ0) is 22.0. The van der Waals surface area contributed by atoms with Gasteiger partial charge in [0.15, 0.2) is 0 Å². The molecule has 0 radical (unpaired) electrons. The van der Waals surface area contributed by atoms with E-state index in [1.807, 2.05) is 38.1 Å². The summed E-state index contributed by atoms with van der Waals surface area (Å²) < 4.78 is 5.48. The molecule has 7 nitrogen and oxygen atoms in total. The van der Waals surface area contributed by atoms with Gasteiger partial charge in [0.1, 0.15) is 6.17 Å². The highest BCUT2D eigenvalue weighted by Gasteiger charge is 2.47. The van der Waals surface area contributed by atoms with E-state index in [2.05, 4.69) is 5.32 Å². The van der Waals surface area contributed by atoms with Gasteiger partial charge in [-0.15, -0.1) is 0 Å². The number of benzene rings is 2. The molecule has 2 aliphatic rings. The van der Waals surface area contributed by atoms with E-state index in [1.54, 1.807) is 34.1 Å². The van der Waals surface area contributed by atoms with Crippen LogP contribution < -0.4 is 10.2 Å². The van der Waals surface area contributed by atoms with Gasteiger partial charge in [-0.25, -0.2) is 0 Å². The molecule has 2 aliphatic heterocycles. The third-order valence-electron chi connectivity index (χ3n) is 5.56. The van der Waals surface area contributed by atoms with E-state index in [0.29, 0.717) is 30.0 Å². The number of para-hydroxylation sites is 1. The van der Waals surface area contributed by atoms with E-state index in [4.69, 9.17) is 4.74 Å². The van der Waals surface area contributed by atoms with Gasteiger partial charge in [-0.05, 0) is 38.5 Å². The molecule has 1 N–H and O–H groups in total. The van der Waals surface area contributed by atoms with Gasteiger partial charge in [-0.2, -0.15) is 0 Å². The number of nitrogens with one attached hydrogen (secondary N) is 1. The first kappa shape index (κ1) is 21.1. The van der Waals surface area contributed by atoms with Crippen LogP contribution in [0.5, 0.6) is 0 Å². The lowest BCUT2D eigenvalue weighted by Gasteiger charge is -2.40. The number of ether oxygens (including phenoxy) is 1. The van der Waals surface area contributed by atoms with Crippen LogP contribution in [0.2, 0.25) is 0 Å². The van der Waals surface area contributed by atoms with Crippen molar-refractivity contribution in [3.63, 3.8) is 0 Å². The van der Waals surface area contributed by atoms with Gasteiger partial charge >= 0.3 is 0 Å². The second kappa shape index (κ2) is 8.89. The lowest BCUT2D eigenvalue weighted by Crippen LogP contribution is -2.49. The second-order valence-corrected chi connectivity index (χ2v) is 8.02. The molecule has 2 aromatic rings. The SMILES string of the molecule is CC(C)OCCCNC(=O)CCN1C(=O)c2ccccc2N2C(=O)c3ccccc3[C@H]12. The van der Waals surface area contributed by atoms with Crippen LogP contribution in [-0.4, -0.2) is 48.4 Å². The molecule has 2 aromatic carbocycles. The van der Waals surface area contributed by atoms with Crippen LogP contribution in [0.15, 0.2) is 48.5 Å². The second-order valence-electron chi connectivity index (χ2n) is 8.02. The first-order valence-electron chi connectivity index (χ1n) is 10.7. The topological polar surface area (TPSA) is 79.0 Å². The Morgan fingerprint density at radius 2 is 1.74 bits per heavy atom. The van der Waals surface area contributed by atoms with Gasteiger partial charge in [-0.3, -0.25) is 19.3 Å². The summed E-state index contributed by atoms with van der Waals surface area (Å²) in [5.74, 6) is -0.417. The third kappa shape index (κ3) is 4.05. The molecule has 1 atom stereocenters. The lowest BCUT2D eigenvalue weighted by molar-refractivity contribution is -0.121. The van der Waals surface area contributed by atoms with Gasteiger partial charge in [0.2, 0.25) is 5.91 Å². The predicted octanol–water partition coefficient (Wildman–Crippen LogP) is 3.12. The Bertz CT molecular complexity index is 1000. The van der Waals surface area contributed by atoms with Crippen LogP contribution >= 0.6 is 0 Å². The minimum atomic E-state index is -0.529. The van der Waals surface area contributed by atoms with E-state index in [0.717, 1.165) is 12.0 Å². The summed E-state index contributed by atoms with van der Waals surface area (Å²) in [6.07, 6.45) is 0.541. The molecule has 0 bridgehead atoms. The minimum Gasteiger partial charge on any atom is -0.379 e. The summed E-state index contributed by atoms with van der Waals surface area (Å²) in [7, 11) is 0. The van der Waals surface area contributed by atoms with E-state index < -0.39 is 6.17 Å². The normalized spacial score (nSPS) is 16.9. The van der Waals surface area contributed by atoms with Gasteiger partial charge in [0, 0.05) is 37.2 Å². The number of anilines is 1. The van der Waals surface area contributed by atoms with Crippen molar-refractivity contribution >= 4 is 23.4 Å². The molecule has 31 heavy (non-hydrogen) atoms. The maximum absolute atomic E-state index is 13.3. The number of carbonyl (C=O) groups excluding carboxylic acids is 3. The number of nitrogens with zero attached hydrogens (tertiary/aromatic N) is 2. The average Bonchev–Trinajstić information content (AvgIpc) is 3.06. The van der Waals surface area contributed by atoms with Crippen LogP contribution in [-0.2, 0) is 9.53 Å². The van der Waals surface area contributed by atoms with Crippen LogP contribution in [0.1, 0.15) is 59.1 Å². The predicted molar refractivity (Wildman–Crippen MR) is 117 cm³/mol. The summed E-state index contributed by atoms with van der Waals surface area (Å²) in [6.45, 7) is 5.29. The van der Waals surface area contributed by atoms with Crippen molar-refractivity contribution in [2.45, 2.75) is 39.0 Å². The van der Waals surface area contributed by atoms with Crippen molar-refractivity contribution < 1.29 is 19.1 Å². The molecule has 2 heterocycles. The molecule has 0 spiro atoms. The maximum atomic E-state index is 13.3. The molecule has 162 valence electrons. The Kier molecular flexibility index (Phi) is 6.04. The zero-order valence-corrected chi connectivity index (χ0v) is 17.8. The van der Waals surface area contributed by atoms with Gasteiger partial charge in [-0.1, -0.05) is 30.3 Å². The van der Waals surface area contributed by atoms with Gasteiger partial charge in [0.25, 0.3) is 11.8 Å². The summed E-state index contributed by atoms with van der Waals surface area (Å²) >= 11 is 0. The van der Waals surface area contributed by atoms with Crippen molar-refractivity contribution in [2.24, 2.45) is 0 Å². The molecule has 0 saturated carbocycles. The quantitative estimate of drug-likeness (QED) is 0.665. The van der Waals surface area contributed by atoms with Crippen molar-refractivity contribution in [1.29, 1.82) is 0 Å². The Labute approximate surface area is 182 Å². The van der Waals surface area contributed by atoms with Crippen molar-refractivity contribution in [1.82, 2.24) is 10.2 Å². The van der Waals surface area contributed by atoms with Crippen molar-refractivity contribution in [3.8, 4) is 0 Å². The highest BCUT2D eigenvalue weighted by Crippen LogP contribution is 2.45. The summed E-state index contributed by atoms with van der Waals surface area (Å²) in [5, 5.41) is 2.88. The van der Waals surface area contributed by atoms with Crippen molar-refractivity contribution in [3.05, 3.63) is 65.2 Å². The van der Waals surface area contributed by atoms with Crippen LogP contribution in [0.4, 0.5) is 5.69 Å². The highest BCUT2D eigenvalue weighted by atomic mass is 16.5. The number of amides is 3. The molecule has 0 aliphatic carbocycles. The molecule has 0 aromatic heterocycles. The lowest BCUT2D eigenvalue weighted by atomic mass is 10.0. The molecule has 0 fully saturated rings. The maximum Gasteiger partial charge on any atom is 0.260 e. The van der Waals surface area contributed by atoms with E-state index in [-0.39, 0.29) is 36.8 Å². The van der Waals surface area contributed by atoms with E-state index in [1.165, 1.54) is 0 Å². The molecule has 0 unspecified atom stereocenters.